The molecule has 0 saturated carbocycles. The van der Waals surface area contributed by atoms with Crippen LogP contribution in [0.2, 0.25) is 5.02 Å². The maximum Gasteiger partial charge on any atom is 0.410 e. The van der Waals surface area contributed by atoms with E-state index in [1.54, 1.807) is 17.0 Å². The third-order valence-corrected chi connectivity index (χ3v) is 6.11. The number of benzene rings is 2. The largest absolute Gasteiger partial charge is 0.445 e. The van der Waals surface area contributed by atoms with Crippen molar-refractivity contribution in [2.45, 2.75) is 26.0 Å². The Morgan fingerprint density at radius 2 is 1.74 bits per heavy atom. The fraction of sp³-hybridized carbons (Fsp3) is 0.333. The minimum Gasteiger partial charge on any atom is -0.445 e. The van der Waals surface area contributed by atoms with Gasteiger partial charge in [0.2, 0.25) is 0 Å². The topological polar surface area (TPSA) is 65.6 Å². The Kier molecular flexibility index (Phi) is 6.59. The van der Waals surface area contributed by atoms with Gasteiger partial charge in [0.05, 0.1) is 6.04 Å². The van der Waals surface area contributed by atoms with Crippen molar-refractivity contribution in [2.24, 2.45) is 0 Å². The summed E-state index contributed by atoms with van der Waals surface area (Å²) in [6, 6.07) is 15.1. The smallest absolute Gasteiger partial charge is 0.410 e. The van der Waals surface area contributed by atoms with E-state index in [0.717, 1.165) is 22.0 Å². The number of amides is 1. The van der Waals surface area contributed by atoms with Crippen molar-refractivity contribution in [3.05, 3.63) is 70.9 Å². The van der Waals surface area contributed by atoms with Gasteiger partial charge in [0.1, 0.15) is 6.61 Å². The molecule has 1 aliphatic rings. The number of halogens is 1. The van der Waals surface area contributed by atoms with Crippen LogP contribution in [0.4, 0.5) is 4.79 Å². The Bertz CT molecular complexity index is 1060. The summed E-state index contributed by atoms with van der Waals surface area (Å²) in [7, 11) is 0. The quantitative estimate of drug-likeness (QED) is 0.622. The molecule has 1 unspecified atom stereocenters. The molecule has 162 valence electrons. The van der Waals surface area contributed by atoms with E-state index in [1.807, 2.05) is 43.5 Å². The first-order valence-electron chi connectivity index (χ1n) is 10.5. The van der Waals surface area contributed by atoms with Crippen molar-refractivity contribution >= 4 is 34.4 Å². The molecule has 1 N–H and O–H groups in total. The van der Waals surface area contributed by atoms with E-state index in [0.29, 0.717) is 37.6 Å². The molecule has 0 radical (unpaired) electrons. The van der Waals surface area contributed by atoms with E-state index < -0.39 is 0 Å². The predicted octanol–water partition coefficient (Wildman–Crippen LogP) is 4.28. The second-order valence-electron chi connectivity index (χ2n) is 7.92. The summed E-state index contributed by atoms with van der Waals surface area (Å²) in [4.78, 5) is 32.2. The van der Waals surface area contributed by atoms with Crippen LogP contribution in [0.5, 0.6) is 0 Å². The van der Waals surface area contributed by atoms with Crippen LogP contribution in [0, 0.1) is 0 Å². The number of nitrogens with zero attached hydrogens (tertiary/aromatic N) is 2. The number of hydrogen-bond donors (Lipinski definition) is 1. The molecule has 0 spiro atoms. The number of carbonyl (C=O) groups excluding carboxylic acids is 2. The lowest BCUT2D eigenvalue weighted by atomic mass is 10.0. The van der Waals surface area contributed by atoms with Gasteiger partial charge in [-0.3, -0.25) is 9.69 Å². The molecule has 1 amide bonds. The highest BCUT2D eigenvalue weighted by molar-refractivity contribution is 6.30. The molecule has 0 aliphatic carbocycles. The second-order valence-corrected chi connectivity index (χ2v) is 8.36. The third kappa shape index (κ3) is 5.27. The lowest BCUT2D eigenvalue weighted by molar-refractivity contribution is -0.123. The number of ether oxygens (including phenoxy) is 1. The Labute approximate surface area is 186 Å². The number of fused-ring (bicyclic) bond motifs is 1. The molecule has 2 aromatic carbocycles. The van der Waals surface area contributed by atoms with Gasteiger partial charge in [-0.15, -0.1) is 0 Å². The van der Waals surface area contributed by atoms with Crippen LogP contribution in [0.25, 0.3) is 10.9 Å². The molecule has 4 rings (SSSR count). The first-order valence-corrected chi connectivity index (χ1v) is 10.9. The summed E-state index contributed by atoms with van der Waals surface area (Å²) in [5.41, 5.74) is 2.99. The molecule has 6 nitrogen and oxygen atoms in total. The molecular weight excluding hydrogens is 414 g/mol. The molecule has 3 aromatic rings. The van der Waals surface area contributed by atoms with E-state index in [9.17, 15) is 9.59 Å². The van der Waals surface area contributed by atoms with Crippen molar-refractivity contribution in [3.8, 4) is 0 Å². The Morgan fingerprint density at radius 1 is 1.03 bits per heavy atom. The summed E-state index contributed by atoms with van der Waals surface area (Å²) >= 11 is 5.88. The molecule has 31 heavy (non-hydrogen) atoms. The van der Waals surface area contributed by atoms with Gasteiger partial charge in [-0.1, -0.05) is 29.8 Å². The first-order chi connectivity index (χ1) is 15.0. The Morgan fingerprint density at radius 3 is 2.48 bits per heavy atom. The van der Waals surface area contributed by atoms with Crippen molar-refractivity contribution in [1.82, 2.24) is 14.8 Å². The maximum atomic E-state index is 12.8. The van der Waals surface area contributed by atoms with E-state index in [4.69, 9.17) is 16.3 Å². The zero-order valence-corrected chi connectivity index (χ0v) is 18.3. The van der Waals surface area contributed by atoms with Crippen LogP contribution in [0.1, 0.15) is 18.1 Å². The zero-order valence-electron chi connectivity index (χ0n) is 17.5. The van der Waals surface area contributed by atoms with Gasteiger partial charge in [-0.25, -0.2) is 4.79 Å². The van der Waals surface area contributed by atoms with Gasteiger partial charge in [0, 0.05) is 49.3 Å². The number of rotatable bonds is 6. The fourth-order valence-electron chi connectivity index (χ4n) is 3.87. The summed E-state index contributed by atoms with van der Waals surface area (Å²) in [5.74, 6) is 0.189. The minimum absolute atomic E-state index is 0.186. The molecule has 1 aromatic heterocycles. The molecule has 1 fully saturated rings. The number of carbonyl (C=O) groups is 2. The number of piperazine rings is 1. The summed E-state index contributed by atoms with van der Waals surface area (Å²) in [6.45, 7) is 4.57. The van der Waals surface area contributed by atoms with Gasteiger partial charge in [-0.2, -0.15) is 0 Å². The first kappa shape index (κ1) is 21.4. The maximum absolute atomic E-state index is 12.8. The molecule has 1 aliphatic heterocycles. The van der Waals surface area contributed by atoms with Crippen molar-refractivity contribution < 1.29 is 14.3 Å². The van der Waals surface area contributed by atoms with E-state index >= 15 is 0 Å². The summed E-state index contributed by atoms with van der Waals surface area (Å²) in [6.07, 6.45) is 1.98. The zero-order chi connectivity index (χ0) is 21.8. The minimum atomic E-state index is -0.326. The summed E-state index contributed by atoms with van der Waals surface area (Å²) < 4.78 is 5.41. The average Bonchev–Trinajstić information content (AvgIpc) is 3.26. The Hall–Kier alpha value is -2.83. The number of H-pyrrole nitrogens is 1. The third-order valence-electron chi connectivity index (χ3n) is 5.86. The van der Waals surface area contributed by atoms with E-state index in [1.165, 1.54) is 0 Å². The standard InChI is InChI=1S/C24H26ClN3O3/c1-17(23(29)15-19-4-7-22-20(14-19)8-9-26-22)27-10-12-28(13-11-27)24(30)31-16-18-2-5-21(25)6-3-18/h2-9,14,17,26H,10-13,15-16H2,1H3. The number of Topliss-reactive ketones (excluding diaryl/α,β-unsaturated/α-hetero) is 1. The molecule has 1 atom stereocenters. The fourth-order valence-corrected chi connectivity index (χ4v) is 4.00. The predicted molar refractivity (Wildman–Crippen MR) is 121 cm³/mol. The van der Waals surface area contributed by atoms with Crippen LogP contribution in [0.15, 0.2) is 54.7 Å². The van der Waals surface area contributed by atoms with Crippen molar-refractivity contribution in [2.75, 3.05) is 26.2 Å². The molecule has 0 bridgehead atoms. The molecule has 1 saturated heterocycles. The van der Waals surface area contributed by atoms with Crippen LogP contribution in [0.3, 0.4) is 0 Å². The average molecular weight is 440 g/mol. The SMILES string of the molecule is CC(C(=O)Cc1ccc2[nH]ccc2c1)N1CCN(C(=O)OCc2ccc(Cl)cc2)CC1. The molecule has 2 heterocycles. The normalized spacial score (nSPS) is 15.7. The monoisotopic (exact) mass is 439 g/mol. The van der Waals surface area contributed by atoms with E-state index in [-0.39, 0.29) is 24.5 Å². The van der Waals surface area contributed by atoms with Gasteiger partial charge in [0.25, 0.3) is 0 Å². The van der Waals surface area contributed by atoms with Gasteiger partial charge in [0.15, 0.2) is 5.78 Å². The number of aromatic nitrogens is 1. The van der Waals surface area contributed by atoms with E-state index in [2.05, 4.69) is 16.0 Å². The van der Waals surface area contributed by atoms with Crippen LogP contribution in [-0.2, 0) is 22.6 Å². The van der Waals surface area contributed by atoms with Crippen molar-refractivity contribution in [1.29, 1.82) is 0 Å². The lowest BCUT2D eigenvalue weighted by Gasteiger charge is -2.37. The van der Waals surface area contributed by atoms with Gasteiger partial charge < -0.3 is 14.6 Å². The molecule has 7 heteroatoms. The van der Waals surface area contributed by atoms with Crippen molar-refractivity contribution in [3.63, 3.8) is 0 Å². The molecular formula is C24H26ClN3O3. The highest BCUT2D eigenvalue weighted by Gasteiger charge is 2.28. The highest BCUT2D eigenvalue weighted by Crippen LogP contribution is 2.17. The summed E-state index contributed by atoms with van der Waals surface area (Å²) in [5, 5.41) is 1.77. The number of nitrogens with one attached hydrogen (secondary N) is 1. The number of hydrogen-bond acceptors (Lipinski definition) is 4. The highest BCUT2D eigenvalue weighted by atomic mass is 35.5. The van der Waals surface area contributed by atoms with Crippen LogP contribution < -0.4 is 0 Å². The van der Waals surface area contributed by atoms with Gasteiger partial charge in [-0.05, 0) is 53.8 Å². The number of aromatic amines is 1. The van der Waals surface area contributed by atoms with Gasteiger partial charge >= 0.3 is 6.09 Å². The van der Waals surface area contributed by atoms with Crippen LogP contribution >= 0.6 is 11.6 Å². The lowest BCUT2D eigenvalue weighted by Crippen LogP contribution is -2.53. The van der Waals surface area contributed by atoms with Crippen LogP contribution in [-0.4, -0.2) is 58.9 Å². The Balaban J connectivity index is 1.24. The number of ketones is 1. The second kappa shape index (κ2) is 9.54.